The predicted octanol–water partition coefficient (Wildman–Crippen LogP) is 5.49. The molecule has 6 heteroatoms. The number of rotatable bonds is 7. The van der Waals surface area contributed by atoms with Gasteiger partial charge in [0, 0.05) is 26.6 Å². The number of Topliss-reactive ketones (excluding diaryl/α,β-unsaturated/α-hetero) is 1. The minimum Gasteiger partial charge on any atom is -0.322 e. The van der Waals surface area contributed by atoms with Crippen LogP contribution in [0.4, 0.5) is 5.69 Å². The SMILES string of the molecule is N#CSc1ccc(NC(=O)c2cccc(SCC(=O)c3ccccc3)c2)cc1. The third-order valence-corrected chi connectivity index (χ3v) is 5.43. The summed E-state index contributed by atoms with van der Waals surface area (Å²) in [5.74, 6) is 0.140. The number of hydrogen-bond acceptors (Lipinski definition) is 5. The summed E-state index contributed by atoms with van der Waals surface area (Å²) >= 11 is 2.48. The van der Waals surface area contributed by atoms with Crippen LogP contribution in [-0.2, 0) is 0 Å². The number of carbonyl (C=O) groups is 2. The van der Waals surface area contributed by atoms with Crippen LogP contribution in [0, 0.1) is 10.7 Å². The first-order valence-electron chi connectivity index (χ1n) is 8.44. The summed E-state index contributed by atoms with van der Waals surface area (Å²) in [5, 5.41) is 13.5. The first-order chi connectivity index (χ1) is 13.7. The van der Waals surface area contributed by atoms with Gasteiger partial charge in [-0.05, 0) is 54.2 Å². The van der Waals surface area contributed by atoms with Gasteiger partial charge in [0.2, 0.25) is 0 Å². The molecule has 28 heavy (non-hydrogen) atoms. The van der Waals surface area contributed by atoms with Gasteiger partial charge in [0.25, 0.3) is 5.91 Å². The minimum absolute atomic E-state index is 0.0517. The normalized spacial score (nSPS) is 10.1. The molecule has 0 heterocycles. The van der Waals surface area contributed by atoms with Crippen molar-refractivity contribution in [1.82, 2.24) is 0 Å². The van der Waals surface area contributed by atoms with E-state index in [9.17, 15) is 9.59 Å². The number of benzene rings is 3. The average Bonchev–Trinajstić information content (AvgIpc) is 2.74. The molecule has 0 aliphatic heterocycles. The molecule has 0 atom stereocenters. The van der Waals surface area contributed by atoms with E-state index >= 15 is 0 Å². The molecule has 0 saturated heterocycles. The molecule has 3 rings (SSSR count). The average molecular weight is 405 g/mol. The number of nitriles is 1. The van der Waals surface area contributed by atoms with E-state index < -0.39 is 0 Å². The number of nitrogens with one attached hydrogen (secondary N) is 1. The van der Waals surface area contributed by atoms with Gasteiger partial charge in [0.1, 0.15) is 5.40 Å². The lowest BCUT2D eigenvalue weighted by molar-refractivity contribution is 0.101. The van der Waals surface area contributed by atoms with Gasteiger partial charge in [-0.3, -0.25) is 9.59 Å². The number of ketones is 1. The minimum atomic E-state index is -0.225. The second kappa shape index (κ2) is 9.79. The van der Waals surface area contributed by atoms with E-state index in [2.05, 4.69) is 5.32 Å². The van der Waals surface area contributed by atoms with Crippen molar-refractivity contribution in [2.75, 3.05) is 11.1 Å². The van der Waals surface area contributed by atoms with Crippen LogP contribution in [0.5, 0.6) is 0 Å². The maximum absolute atomic E-state index is 12.5. The fourth-order valence-corrected chi connectivity index (χ4v) is 3.67. The Kier molecular flexibility index (Phi) is 6.90. The topological polar surface area (TPSA) is 70.0 Å². The van der Waals surface area contributed by atoms with Gasteiger partial charge in [0.05, 0.1) is 5.75 Å². The molecule has 0 spiro atoms. The van der Waals surface area contributed by atoms with Gasteiger partial charge in [-0.15, -0.1) is 11.8 Å². The Morgan fingerprint density at radius 3 is 2.29 bits per heavy atom. The second-order valence-electron chi connectivity index (χ2n) is 5.78. The van der Waals surface area contributed by atoms with E-state index in [1.54, 1.807) is 54.6 Å². The van der Waals surface area contributed by atoms with Crippen LogP contribution in [0.2, 0.25) is 0 Å². The fraction of sp³-hybridized carbons (Fsp3) is 0.0455. The Balaban J connectivity index is 1.61. The molecule has 0 aliphatic carbocycles. The summed E-state index contributed by atoms with van der Waals surface area (Å²) < 4.78 is 0. The van der Waals surface area contributed by atoms with Crippen LogP contribution in [0.15, 0.2) is 88.7 Å². The lowest BCUT2D eigenvalue weighted by atomic mass is 10.2. The fourth-order valence-electron chi connectivity index (χ4n) is 2.45. The number of amides is 1. The third kappa shape index (κ3) is 5.49. The van der Waals surface area contributed by atoms with E-state index in [1.165, 1.54) is 11.8 Å². The molecule has 1 amide bonds. The van der Waals surface area contributed by atoms with Gasteiger partial charge in [0.15, 0.2) is 5.78 Å². The highest BCUT2D eigenvalue weighted by Crippen LogP contribution is 2.22. The largest absolute Gasteiger partial charge is 0.322 e. The Labute approximate surface area is 172 Å². The standard InChI is InChI=1S/C22H16N2O2S2/c23-15-28-19-11-9-18(10-12-19)24-22(26)17-7-4-8-20(13-17)27-14-21(25)16-5-2-1-3-6-16/h1-13H,14H2,(H,24,26). The van der Waals surface area contributed by atoms with Crippen molar-refractivity contribution < 1.29 is 9.59 Å². The Morgan fingerprint density at radius 2 is 1.57 bits per heavy atom. The molecule has 4 nitrogen and oxygen atoms in total. The van der Waals surface area contributed by atoms with E-state index in [-0.39, 0.29) is 11.7 Å². The zero-order chi connectivity index (χ0) is 19.8. The van der Waals surface area contributed by atoms with E-state index in [0.717, 1.165) is 21.6 Å². The van der Waals surface area contributed by atoms with Crippen molar-refractivity contribution in [3.05, 3.63) is 90.0 Å². The van der Waals surface area contributed by atoms with Crippen LogP contribution in [-0.4, -0.2) is 17.4 Å². The Bertz CT molecular complexity index is 1010. The van der Waals surface area contributed by atoms with Crippen molar-refractivity contribution in [2.24, 2.45) is 0 Å². The number of carbonyl (C=O) groups excluding carboxylic acids is 2. The zero-order valence-electron chi connectivity index (χ0n) is 14.8. The van der Waals surface area contributed by atoms with Crippen molar-refractivity contribution in [1.29, 1.82) is 5.26 Å². The number of anilines is 1. The van der Waals surface area contributed by atoms with Crippen LogP contribution >= 0.6 is 23.5 Å². The molecular formula is C22H16N2O2S2. The maximum atomic E-state index is 12.5. The van der Waals surface area contributed by atoms with E-state index in [0.29, 0.717) is 22.6 Å². The van der Waals surface area contributed by atoms with Gasteiger partial charge in [-0.1, -0.05) is 36.4 Å². The number of nitrogens with zero attached hydrogens (tertiary/aromatic N) is 1. The van der Waals surface area contributed by atoms with Gasteiger partial charge in [-0.2, -0.15) is 5.26 Å². The molecule has 0 aromatic heterocycles. The van der Waals surface area contributed by atoms with Gasteiger partial charge in [-0.25, -0.2) is 0 Å². The lowest BCUT2D eigenvalue weighted by Crippen LogP contribution is -2.11. The van der Waals surface area contributed by atoms with Gasteiger partial charge < -0.3 is 5.32 Å². The summed E-state index contributed by atoms with van der Waals surface area (Å²) in [6, 6.07) is 23.4. The molecule has 0 unspecified atom stereocenters. The highest BCUT2D eigenvalue weighted by molar-refractivity contribution is 8.03. The quantitative estimate of drug-likeness (QED) is 0.320. The Hall–Kier alpha value is -3.01. The first kappa shape index (κ1) is 19.7. The summed E-state index contributed by atoms with van der Waals surface area (Å²) in [6.07, 6.45) is 0. The summed E-state index contributed by atoms with van der Waals surface area (Å²) in [5.41, 5.74) is 1.86. The van der Waals surface area contributed by atoms with E-state index in [1.807, 2.05) is 29.7 Å². The van der Waals surface area contributed by atoms with Crippen molar-refractivity contribution >= 4 is 40.9 Å². The lowest BCUT2D eigenvalue weighted by Gasteiger charge is -2.07. The van der Waals surface area contributed by atoms with E-state index in [4.69, 9.17) is 5.26 Å². The Morgan fingerprint density at radius 1 is 0.857 bits per heavy atom. The van der Waals surface area contributed by atoms with Crippen molar-refractivity contribution in [2.45, 2.75) is 9.79 Å². The molecular weight excluding hydrogens is 388 g/mol. The van der Waals surface area contributed by atoms with Crippen molar-refractivity contribution in [3.8, 4) is 5.40 Å². The molecule has 0 fully saturated rings. The number of thioether (sulfide) groups is 2. The molecule has 3 aromatic carbocycles. The summed E-state index contributed by atoms with van der Waals surface area (Å²) in [4.78, 5) is 26.4. The summed E-state index contributed by atoms with van der Waals surface area (Å²) in [6.45, 7) is 0. The molecule has 0 saturated carbocycles. The van der Waals surface area contributed by atoms with Gasteiger partial charge >= 0.3 is 0 Å². The highest BCUT2D eigenvalue weighted by Gasteiger charge is 2.10. The molecule has 3 aromatic rings. The van der Waals surface area contributed by atoms with Crippen LogP contribution in [0.1, 0.15) is 20.7 Å². The third-order valence-electron chi connectivity index (χ3n) is 3.84. The molecule has 0 bridgehead atoms. The molecule has 1 N–H and O–H groups in total. The van der Waals surface area contributed by atoms with Crippen LogP contribution < -0.4 is 5.32 Å². The monoisotopic (exact) mass is 404 g/mol. The van der Waals surface area contributed by atoms with Crippen LogP contribution in [0.25, 0.3) is 0 Å². The second-order valence-corrected chi connectivity index (χ2v) is 7.68. The maximum Gasteiger partial charge on any atom is 0.255 e. The number of hydrogen-bond donors (Lipinski definition) is 1. The molecule has 0 aliphatic rings. The highest BCUT2D eigenvalue weighted by atomic mass is 32.2. The molecule has 0 radical (unpaired) electrons. The van der Waals surface area contributed by atoms with Crippen molar-refractivity contribution in [3.63, 3.8) is 0 Å². The number of thiocyanates is 1. The predicted molar refractivity (Wildman–Crippen MR) is 114 cm³/mol. The smallest absolute Gasteiger partial charge is 0.255 e. The zero-order valence-corrected chi connectivity index (χ0v) is 16.4. The molecule has 138 valence electrons. The first-order valence-corrected chi connectivity index (χ1v) is 10.2. The summed E-state index contributed by atoms with van der Waals surface area (Å²) in [7, 11) is 0. The van der Waals surface area contributed by atoms with Crippen LogP contribution in [0.3, 0.4) is 0 Å².